The van der Waals surface area contributed by atoms with Crippen molar-refractivity contribution < 1.29 is 9.59 Å². The second kappa shape index (κ2) is 4.77. The van der Waals surface area contributed by atoms with E-state index in [1.165, 1.54) is 0 Å². The Balaban J connectivity index is 1.91. The SMILES string of the molecule is CNC(=O)c1ccc2c(c1)NC(=O)[C@@]1(CCN(C#N)C1)C2. The van der Waals surface area contributed by atoms with Crippen LogP contribution in [0.3, 0.4) is 0 Å². The number of hydrogen-bond acceptors (Lipinski definition) is 4. The Hall–Kier alpha value is -2.55. The quantitative estimate of drug-likeness (QED) is 0.744. The summed E-state index contributed by atoms with van der Waals surface area (Å²) in [5, 5.41) is 14.5. The maximum Gasteiger partial charge on any atom is 0.251 e. The number of nitriles is 1. The molecule has 1 aromatic rings. The number of carbonyl (C=O) groups is 2. The molecule has 0 unspecified atom stereocenters. The minimum atomic E-state index is -0.517. The Morgan fingerprint density at radius 1 is 1.52 bits per heavy atom. The van der Waals surface area contributed by atoms with E-state index in [9.17, 15) is 9.59 Å². The van der Waals surface area contributed by atoms with Crippen molar-refractivity contribution in [3.05, 3.63) is 29.3 Å². The van der Waals surface area contributed by atoms with Crippen LogP contribution in [0.2, 0.25) is 0 Å². The van der Waals surface area contributed by atoms with Crippen molar-refractivity contribution in [2.75, 3.05) is 25.5 Å². The highest BCUT2D eigenvalue weighted by molar-refractivity contribution is 6.01. The van der Waals surface area contributed by atoms with Gasteiger partial charge in [0.2, 0.25) is 5.91 Å². The Kier molecular flexibility index (Phi) is 3.05. The molecule has 1 aromatic carbocycles. The summed E-state index contributed by atoms with van der Waals surface area (Å²) in [6, 6.07) is 5.35. The van der Waals surface area contributed by atoms with Crippen LogP contribution in [0.5, 0.6) is 0 Å². The first-order valence-electron chi connectivity index (χ1n) is 6.89. The summed E-state index contributed by atoms with van der Waals surface area (Å²) in [6.45, 7) is 1.08. The first kappa shape index (κ1) is 13.4. The molecule has 0 bridgehead atoms. The van der Waals surface area contributed by atoms with Crippen LogP contribution in [0.15, 0.2) is 18.2 Å². The normalized spacial score (nSPS) is 23.4. The summed E-state index contributed by atoms with van der Waals surface area (Å²) in [5.41, 5.74) is 1.72. The summed E-state index contributed by atoms with van der Waals surface area (Å²) in [7, 11) is 1.57. The predicted octanol–water partition coefficient (Wildman–Crippen LogP) is 0.714. The van der Waals surface area contributed by atoms with E-state index in [0.717, 1.165) is 5.56 Å². The van der Waals surface area contributed by atoms with Crippen LogP contribution >= 0.6 is 0 Å². The van der Waals surface area contributed by atoms with E-state index in [2.05, 4.69) is 16.8 Å². The van der Waals surface area contributed by atoms with E-state index in [1.54, 1.807) is 24.1 Å². The number of nitrogens with one attached hydrogen (secondary N) is 2. The molecule has 2 amide bonds. The summed E-state index contributed by atoms with van der Waals surface area (Å²) < 4.78 is 0. The van der Waals surface area contributed by atoms with Crippen molar-refractivity contribution >= 4 is 17.5 Å². The number of hydrogen-bond donors (Lipinski definition) is 2. The van der Waals surface area contributed by atoms with E-state index < -0.39 is 5.41 Å². The van der Waals surface area contributed by atoms with Crippen LogP contribution in [-0.2, 0) is 11.2 Å². The highest BCUT2D eigenvalue weighted by atomic mass is 16.2. The van der Waals surface area contributed by atoms with Crippen LogP contribution in [0, 0.1) is 16.9 Å². The first-order chi connectivity index (χ1) is 10.1. The second-order valence-electron chi connectivity index (χ2n) is 5.63. The van der Waals surface area contributed by atoms with Crippen molar-refractivity contribution in [3.8, 4) is 6.19 Å². The molecule has 1 spiro atoms. The van der Waals surface area contributed by atoms with Crippen molar-refractivity contribution in [1.29, 1.82) is 5.26 Å². The largest absolute Gasteiger partial charge is 0.355 e. The van der Waals surface area contributed by atoms with Crippen LogP contribution in [0.4, 0.5) is 5.69 Å². The van der Waals surface area contributed by atoms with E-state index >= 15 is 0 Å². The average molecular weight is 284 g/mol. The van der Waals surface area contributed by atoms with Gasteiger partial charge in [-0.25, -0.2) is 0 Å². The number of anilines is 1. The zero-order valence-electron chi connectivity index (χ0n) is 11.8. The third kappa shape index (κ3) is 2.11. The molecule has 1 fully saturated rings. The van der Waals surface area contributed by atoms with Gasteiger partial charge in [0.25, 0.3) is 5.91 Å². The molecular formula is C15H16N4O2. The smallest absolute Gasteiger partial charge is 0.251 e. The summed E-state index contributed by atoms with van der Waals surface area (Å²) in [5.74, 6) is -0.231. The number of rotatable bonds is 1. The molecule has 0 aliphatic carbocycles. The zero-order chi connectivity index (χ0) is 15.0. The third-order valence-electron chi connectivity index (χ3n) is 4.35. The number of benzene rings is 1. The van der Waals surface area contributed by atoms with Gasteiger partial charge in [0.1, 0.15) is 0 Å². The number of likely N-dealkylation sites (tertiary alicyclic amines) is 1. The number of amides is 2. The minimum absolute atomic E-state index is 0.0539. The molecule has 1 saturated heterocycles. The van der Waals surface area contributed by atoms with Gasteiger partial charge in [0.15, 0.2) is 6.19 Å². The fraction of sp³-hybridized carbons (Fsp3) is 0.400. The van der Waals surface area contributed by atoms with Gasteiger partial charge in [-0.05, 0) is 30.5 Å². The van der Waals surface area contributed by atoms with Crippen molar-refractivity contribution in [2.24, 2.45) is 5.41 Å². The number of fused-ring (bicyclic) bond motifs is 1. The van der Waals surface area contributed by atoms with Gasteiger partial charge in [-0.1, -0.05) is 6.07 Å². The topological polar surface area (TPSA) is 85.2 Å². The summed E-state index contributed by atoms with van der Waals surface area (Å²) in [4.78, 5) is 25.7. The minimum Gasteiger partial charge on any atom is -0.355 e. The van der Waals surface area contributed by atoms with E-state index in [-0.39, 0.29) is 11.8 Å². The molecule has 6 nitrogen and oxygen atoms in total. The molecule has 1 atom stereocenters. The lowest BCUT2D eigenvalue weighted by atomic mass is 9.77. The zero-order valence-corrected chi connectivity index (χ0v) is 11.8. The molecule has 2 heterocycles. The fourth-order valence-electron chi connectivity index (χ4n) is 3.12. The molecule has 3 rings (SSSR count). The van der Waals surface area contributed by atoms with Gasteiger partial charge in [-0.2, -0.15) is 5.26 Å². The van der Waals surface area contributed by atoms with E-state index in [1.807, 2.05) is 6.07 Å². The number of carbonyl (C=O) groups excluding carboxylic acids is 2. The maximum atomic E-state index is 12.4. The molecule has 0 aromatic heterocycles. The van der Waals surface area contributed by atoms with Gasteiger partial charge >= 0.3 is 0 Å². The van der Waals surface area contributed by atoms with E-state index in [0.29, 0.717) is 37.2 Å². The molecule has 2 aliphatic heterocycles. The van der Waals surface area contributed by atoms with Crippen molar-refractivity contribution in [1.82, 2.24) is 10.2 Å². The monoisotopic (exact) mass is 284 g/mol. The molecule has 6 heteroatoms. The Bertz CT molecular complexity index is 664. The van der Waals surface area contributed by atoms with Crippen LogP contribution < -0.4 is 10.6 Å². The highest BCUT2D eigenvalue weighted by Gasteiger charge is 2.47. The first-order valence-corrected chi connectivity index (χ1v) is 6.89. The Morgan fingerprint density at radius 3 is 3.00 bits per heavy atom. The lowest BCUT2D eigenvalue weighted by Crippen LogP contribution is -2.43. The molecule has 2 aliphatic rings. The summed E-state index contributed by atoms with van der Waals surface area (Å²) >= 11 is 0. The molecule has 0 radical (unpaired) electrons. The molecule has 2 N–H and O–H groups in total. The fourth-order valence-corrected chi connectivity index (χ4v) is 3.12. The van der Waals surface area contributed by atoms with Gasteiger partial charge in [-0.15, -0.1) is 0 Å². The van der Waals surface area contributed by atoms with Crippen LogP contribution in [0.25, 0.3) is 0 Å². The predicted molar refractivity (Wildman–Crippen MR) is 76.4 cm³/mol. The van der Waals surface area contributed by atoms with E-state index in [4.69, 9.17) is 5.26 Å². The second-order valence-corrected chi connectivity index (χ2v) is 5.63. The van der Waals surface area contributed by atoms with Crippen LogP contribution in [0.1, 0.15) is 22.3 Å². The molecular weight excluding hydrogens is 268 g/mol. The Morgan fingerprint density at radius 2 is 2.33 bits per heavy atom. The maximum absolute atomic E-state index is 12.4. The molecule has 21 heavy (non-hydrogen) atoms. The third-order valence-corrected chi connectivity index (χ3v) is 4.35. The molecule has 0 saturated carbocycles. The van der Waals surface area contributed by atoms with Crippen molar-refractivity contribution in [3.63, 3.8) is 0 Å². The highest BCUT2D eigenvalue weighted by Crippen LogP contribution is 2.40. The number of nitrogens with zero attached hydrogens (tertiary/aromatic N) is 2. The average Bonchev–Trinajstić information content (AvgIpc) is 2.91. The van der Waals surface area contributed by atoms with Gasteiger partial charge in [-0.3, -0.25) is 9.59 Å². The lowest BCUT2D eigenvalue weighted by molar-refractivity contribution is -0.125. The standard InChI is InChI=1S/C15H16N4O2/c1-17-13(20)10-2-3-11-7-15(4-5-19(8-15)9-16)14(21)18-12(11)6-10/h2-3,6H,4-5,7-8H2,1H3,(H,17,20)(H,18,21)/t15-/m0/s1. The molecule has 108 valence electrons. The Labute approximate surface area is 122 Å². The van der Waals surface area contributed by atoms with Gasteiger partial charge < -0.3 is 15.5 Å². The lowest BCUT2D eigenvalue weighted by Gasteiger charge is -2.33. The summed E-state index contributed by atoms with van der Waals surface area (Å²) in [6.07, 6.45) is 3.41. The van der Waals surface area contributed by atoms with Crippen LogP contribution in [-0.4, -0.2) is 36.9 Å². The van der Waals surface area contributed by atoms with Gasteiger partial charge in [0, 0.05) is 31.4 Å². The van der Waals surface area contributed by atoms with Crippen molar-refractivity contribution in [2.45, 2.75) is 12.8 Å². The van der Waals surface area contributed by atoms with Gasteiger partial charge in [0.05, 0.1) is 5.41 Å².